The summed E-state index contributed by atoms with van der Waals surface area (Å²) < 4.78 is 5.58. The molecule has 0 radical (unpaired) electrons. The second kappa shape index (κ2) is 5.85. The van der Waals surface area contributed by atoms with E-state index in [4.69, 9.17) is 4.74 Å². The number of piperidine rings is 1. The van der Waals surface area contributed by atoms with Gasteiger partial charge in [-0.25, -0.2) is 0 Å². The molecule has 98 valence electrons. The van der Waals surface area contributed by atoms with Gasteiger partial charge in [-0.2, -0.15) is 0 Å². The third-order valence-electron chi connectivity index (χ3n) is 4.25. The number of ether oxygens (including phenoxy) is 1. The van der Waals surface area contributed by atoms with Gasteiger partial charge in [-0.05, 0) is 43.9 Å². The van der Waals surface area contributed by atoms with Crippen LogP contribution in [-0.2, 0) is 9.53 Å². The zero-order chi connectivity index (χ0) is 12.3. The molecule has 1 amide bonds. The summed E-state index contributed by atoms with van der Waals surface area (Å²) in [5.41, 5.74) is 0. The van der Waals surface area contributed by atoms with Crippen molar-refractivity contribution in [1.82, 2.24) is 4.90 Å². The molecule has 0 aliphatic carbocycles. The molecule has 0 spiro atoms. The maximum Gasteiger partial charge on any atom is 0.251 e. The van der Waals surface area contributed by atoms with E-state index < -0.39 is 0 Å². The molecule has 2 aliphatic heterocycles. The van der Waals surface area contributed by atoms with E-state index in [0.29, 0.717) is 0 Å². The quantitative estimate of drug-likeness (QED) is 0.741. The van der Waals surface area contributed by atoms with Crippen LogP contribution in [0.15, 0.2) is 0 Å². The van der Waals surface area contributed by atoms with E-state index in [1.807, 2.05) is 4.90 Å². The lowest BCUT2D eigenvalue weighted by molar-refractivity contribution is -0.148. The average molecular weight is 239 g/mol. The van der Waals surface area contributed by atoms with Crippen LogP contribution in [0.1, 0.15) is 46.0 Å². The van der Waals surface area contributed by atoms with Crippen molar-refractivity contribution in [2.24, 2.45) is 11.8 Å². The van der Waals surface area contributed by atoms with Gasteiger partial charge in [0.1, 0.15) is 6.10 Å². The average Bonchev–Trinajstić information content (AvgIpc) is 2.39. The molecule has 2 saturated heterocycles. The molecule has 2 rings (SSSR count). The topological polar surface area (TPSA) is 29.5 Å². The summed E-state index contributed by atoms with van der Waals surface area (Å²) in [7, 11) is 0. The Kier molecular flexibility index (Phi) is 4.43. The Morgan fingerprint density at radius 2 is 1.88 bits per heavy atom. The molecule has 2 fully saturated rings. The van der Waals surface area contributed by atoms with Crippen molar-refractivity contribution in [1.29, 1.82) is 0 Å². The van der Waals surface area contributed by atoms with Crippen molar-refractivity contribution >= 4 is 5.91 Å². The molecule has 0 aromatic rings. The van der Waals surface area contributed by atoms with E-state index in [2.05, 4.69) is 13.8 Å². The first kappa shape index (κ1) is 12.9. The first-order valence-electron chi connectivity index (χ1n) is 7.09. The highest BCUT2D eigenvalue weighted by Crippen LogP contribution is 2.25. The molecule has 17 heavy (non-hydrogen) atoms. The number of rotatable bonds is 2. The fourth-order valence-corrected chi connectivity index (χ4v) is 2.93. The van der Waals surface area contributed by atoms with Gasteiger partial charge in [0.2, 0.25) is 0 Å². The van der Waals surface area contributed by atoms with E-state index in [-0.39, 0.29) is 12.0 Å². The van der Waals surface area contributed by atoms with Gasteiger partial charge in [0.15, 0.2) is 0 Å². The van der Waals surface area contributed by atoms with Gasteiger partial charge in [-0.3, -0.25) is 4.79 Å². The molecule has 3 heteroatoms. The third-order valence-corrected chi connectivity index (χ3v) is 4.25. The van der Waals surface area contributed by atoms with Crippen LogP contribution >= 0.6 is 0 Å². The summed E-state index contributed by atoms with van der Waals surface area (Å²) in [6, 6.07) is 0. The SMILES string of the molecule is CC(C)C1CCN(C(=O)C2CCCCO2)CC1. The number of nitrogens with zero attached hydrogens (tertiary/aromatic N) is 1. The Morgan fingerprint density at radius 1 is 1.18 bits per heavy atom. The van der Waals surface area contributed by atoms with Crippen LogP contribution in [0.25, 0.3) is 0 Å². The molecule has 0 aromatic carbocycles. The molecule has 0 aromatic heterocycles. The van der Waals surface area contributed by atoms with Crippen molar-refractivity contribution < 1.29 is 9.53 Å². The monoisotopic (exact) mass is 239 g/mol. The molecule has 2 heterocycles. The Balaban J connectivity index is 1.81. The first-order chi connectivity index (χ1) is 8.18. The smallest absolute Gasteiger partial charge is 0.251 e. The Hall–Kier alpha value is -0.570. The van der Waals surface area contributed by atoms with Crippen LogP contribution < -0.4 is 0 Å². The number of hydrogen-bond donors (Lipinski definition) is 0. The summed E-state index contributed by atoms with van der Waals surface area (Å²) in [6.45, 7) is 7.20. The Labute approximate surface area is 105 Å². The van der Waals surface area contributed by atoms with E-state index in [0.717, 1.165) is 63.6 Å². The van der Waals surface area contributed by atoms with Crippen molar-refractivity contribution in [3.05, 3.63) is 0 Å². The van der Waals surface area contributed by atoms with Gasteiger partial charge < -0.3 is 9.64 Å². The predicted octanol–water partition coefficient (Wildman–Crippen LogP) is 2.45. The van der Waals surface area contributed by atoms with Gasteiger partial charge in [-0.1, -0.05) is 13.8 Å². The third kappa shape index (κ3) is 3.21. The lowest BCUT2D eigenvalue weighted by Gasteiger charge is -2.36. The molecule has 1 atom stereocenters. The molecule has 1 unspecified atom stereocenters. The van der Waals surface area contributed by atoms with Gasteiger partial charge in [-0.15, -0.1) is 0 Å². The fraction of sp³-hybridized carbons (Fsp3) is 0.929. The Bertz CT molecular complexity index is 251. The highest BCUT2D eigenvalue weighted by Gasteiger charge is 2.30. The van der Waals surface area contributed by atoms with Gasteiger partial charge in [0, 0.05) is 19.7 Å². The number of carbonyl (C=O) groups is 1. The van der Waals surface area contributed by atoms with E-state index in [9.17, 15) is 4.79 Å². The van der Waals surface area contributed by atoms with Crippen molar-refractivity contribution in [2.45, 2.75) is 52.1 Å². The van der Waals surface area contributed by atoms with E-state index in [1.54, 1.807) is 0 Å². The largest absolute Gasteiger partial charge is 0.368 e. The second-order valence-electron chi connectivity index (χ2n) is 5.76. The summed E-state index contributed by atoms with van der Waals surface area (Å²) in [5.74, 6) is 1.79. The Morgan fingerprint density at radius 3 is 2.41 bits per heavy atom. The zero-order valence-electron chi connectivity index (χ0n) is 11.2. The fourth-order valence-electron chi connectivity index (χ4n) is 2.93. The van der Waals surface area contributed by atoms with Crippen LogP contribution in [0, 0.1) is 11.8 Å². The van der Waals surface area contributed by atoms with E-state index in [1.165, 1.54) is 0 Å². The predicted molar refractivity (Wildman–Crippen MR) is 67.7 cm³/mol. The summed E-state index contributed by atoms with van der Waals surface area (Å²) >= 11 is 0. The van der Waals surface area contributed by atoms with Gasteiger partial charge >= 0.3 is 0 Å². The maximum absolute atomic E-state index is 12.2. The minimum Gasteiger partial charge on any atom is -0.368 e. The molecule has 0 bridgehead atoms. The lowest BCUT2D eigenvalue weighted by atomic mass is 9.86. The number of carbonyl (C=O) groups excluding carboxylic acids is 1. The zero-order valence-corrected chi connectivity index (χ0v) is 11.2. The minimum atomic E-state index is -0.139. The minimum absolute atomic E-state index is 0.139. The maximum atomic E-state index is 12.2. The van der Waals surface area contributed by atoms with Gasteiger partial charge in [0.05, 0.1) is 0 Å². The summed E-state index contributed by atoms with van der Waals surface area (Å²) in [5, 5.41) is 0. The number of likely N-dealkylation sites (tertiary alicyclic amines) is 1. The summed E-state index contributed by atoms with van der Waals surface area (Å²) in [6.07, 6.45) is 5.35. The van der Waals surface area contributed by atoms with Gasteiger partial charge in [0.25, 0.3) is 5.91 Å². The summed E-state index contributed by atoms with van der Waals surface area (Å²) in [4.78, 5) is 14.3. The second-order valence-corrected chi connectivity index (χ2v) is 5.76. The molecule has 0 saturated carbocycles. The molecular weight excluding hydrogens is 214 g/mol. The lowest BCUT2D eigenvalue weighted by Crippen LogP contribution is -2.46. The highest BCUT2D eigenvalue weighted by atomic mass is 16.5. The molecule has 0 N–H and O–H groups in total. The van der Waals surface area contributed by atoms with Crippen LogP contribution in [0.4, 0.5) is 0 Å². The molecule has 2 aliphatic rings. The van der Waals surface area contributed by atoms with Crippen molar-refractivity contribution in [3.63, 3.8) is 0 Å². The van der Waals surface area contributed by atoms with Crippen LogP contribution in [-0.4, -0.2) is 36.6 Å². The highest BCUT2D eigenvalue weighted by molar-refractivity contribution is 5.81. The van der Waals surface area contributed by atoms with Crippen molar-refractivity contribution in [3.8, 4) is 0 Å². The van der Waals surface area contributed by atoms with Crippen LogP contribution in [0.2, 0.25) is 0 Å². The van der Waals surface area contributed by atoms with E-state index >= 15 is 0 Å². The van der Waals surface area contributed by atoms with Crippen LogP contribution in [0.3, 0.4) is 0 Å². The number of hydrogen-bond acceptors (Lipinski definition) is 2. The molecule has 3 nitrogen and oxygen atoms in total. The standard InChI is InChI=1S/C14H25NO2/c1-11(2)12-6-8-15(9-7-12)14(16)13-5-3-4-10-17-13/h11-13H,3-10H2,1-2H3. The number of amides is 1. The van der Waals surface area contributed by atoms with Crippen LogP contribution in [0.5, 0.6) is 0 Å². The molecular formula is C14H25NO2. The first-order valence-corrected chi connectivity index (χ1v) is 7.09. The normalized spacial score (nSPS) is 27.5. The van der Waals surface area contributed by atoms with Crippen molar-refractivity contribution in [2.75, 3.05) is 19.7 Å².